The molecule has 6 heteroatoms. The molecule has 1 aliphatic rings. The van der Waals surface area contributed by atoms with Crippen LogP contribution in [0.1, 0.15) is 23.4 Å². The second-order valence-corrected chi connectivity index (χ2v) is 5.73. The number of carbonyl (C=O) groups excluding carboxylic acids is 1. The molecule has 0 spiro atoms. The van der Waals surface area contributed by atoms with Gasteiger partial charge in [0.15, 0.2) is 0 Å². The van der Waals surface area contributed by atoms with Crippen molar-refractivity contribution in [1.29, 1.82) is 0 Å². The van der Waals surface area contributed by atoms with Crippen molar-refractivity contribution >= 4 is 17.5 Å². The smallest absolute Gasteiger partial charge is 0.289 e. The van der Waals surface area contributed by atoms with Crippen LogP contribution in [0.4, 0.5) is 0 Å². The number of hydrogen-bond donors (Lipinski definition) is 2. The van der Waals surface area contributed by atoms with Crippen LogP contribution in [-0.4, -0.2) is 23.7 Å². The Morgan fingerprint density at radius 1 is 1.48 bits per heavy atom. The van der Waals surface area contributed by atoms with Gasteiger partial charge in [-0.3, -0.25) is 4.79 Å². The van der Waals surface area contributed by atoms with E-state index in [1.54, 1.807) is 18.2 Å². The van der Waals surface area contributed by atoms with Crippen LogP contribution in [0.3, 0.4) is 0 Å². The number of halogens is 1. The van der Waals surface area contributed by atoms with Crippen molar-refractivity contribution in [2.45, 2.75) is 18.9 Å². The van der Waals surface area contributed by atoms with Gasteiger partial charge in [0.25, 0.3) is 5.91 Å². The van der Waals surface area contributed by atoms with Crippen molar-refractivity contribution in [2.75, 3.05) is 6.54 Å². The molecule has 3 N–H and O–H groups in total. The van der Waals surface area contributed by atoms with E-state index in [0.717, 1.165) is 18.4 Å². The zero-order valence-corrected chi connectivity index (χ0v) is 12.1. The molecule has 1 fully saturated rings. The van der Waals surface area contributed by atoms with Crippen LogP contribution in [0.5, 0.6) is 0 Å². The number of nitrogens with zero attached hydrogens (tertiary/aromatic N) is 1. The van der Waals surface area contributed by atoms with E-state index in [1.165, 1.54) is 0 Å². The third-order valence-electron chi connectivity index (χ3n) is 3.58. The van der Waals surface area contributed by atoms with Gasteiger partial charge < -0.3 is 15.6 Å². The van der Waals surface area contributed by atoms with Crippen LogP contribution >= 0.6 is 11.6 Å². The fraction of sp³-hybridized carbons (Fsp3) is 0.333. The molecule has 0 radical (unpaired) electrons. The molecule has 2 aromatic rings. The summed E-state index contributed by atoms with van der Waals surface area (Å²) in [6, 6.07) is 8.84. The first kappa shape index (κ1) is 14.1. The molecule has 1 atom stereocenters. The predicted molar refractivity (Wildman–Crippen MR) is 80.0 cm³/mol. The summed E-state index contributed by atoms with van der Waals surface area (Å²) >= 11 is 5.93. The molecular weight excluding hydrogens is 290 g/mol. The van der Waals surface area contributed by atoms with Crippen molar-refractivity contribution in [3.63, 3.8) is 0 Å². The van der Waals surface area contributed by atoms with Crippen LogP contribution in [0.25, 0.3) is 11.3 Å². The minimum atomic E-state index is -0.299. The van der Waals surface area contributed by atoms with Gasteiger partial charge in [-0.2, -0.15) is 0 Å². The highest BCUT2D eigenvalue weighted by molar-refractivity contribution is 6.30. The Kier molecular flexibility index (Phi) is 3.94. The summed E-state index contributed by atoms with van der Waals surface area (Å²) in [6.07, 6.45) is 2.30. The van der Waals surface area contributed by atoms with E-state index in [9.17, 15) is 4.79 Å². The second kappa shape index (κ2) is 5.87. The molecule has 1 aromatic carbocycles. The quantitative estimate of drug-likeness (QED) is 0.889. The van der Waals surface area contributed by atoms with Gasteiger partial charge in [-0.15, -0.1) is 0 Å². The molecule has 1 aliphatic carbocycles. The number of hydrogen-bond acceptors (Lipinski definition) is 4. The van der Waals surface area contributed by atoms with Gasteiger partial charge >= 0.3 is 0 Å². The second-order valence-electron chi connectivity index (χ2n) is 5.30. The van der Waals surface area contributed by atoms with Crippen molar-refractivity contribution < 1.29 is 9.32 Å². The van der Waals surface area contributed by atoms with Gasteiger partial charge in [0, 0.05) is 29.2 Å². The van der Waals surface area contributed by atoms with Crippen molar-refractivity contribution in [3.05, 3.63) is 41.1 Å². The summed E-state index contributed by atoms with van der Waals surface area (Å²) in [5, 5.41) is 7.28. The molecule has 1 unspecified atom stereocenters. The summed E-state index contributed by atoms with van der Waals surface area (Å²) in [6.45, 7) is 0.455. The highest BCUT2D eigenvalue weighted by Crippen LogP contribution is 2.31. The first-order valence-corrected chi connectivity index (χ1v) is 7.28. The van der Waals surface area contributed by atoms with Crippen LogP contribution in [0.2, 0.25) is 5.02 Å². The van der Waals surface area contributed by atoms with E-state index in [2.05, 4.69) is 10.5 Å². The molecule has 3 rings (SSSR count). The number of nitrogens with one attached hydrogen (secondary N) is 1. The zero-order chi connectivity index (χ0) is 14.8. The van der Waals surface area contributed by atoms with Gasteiger partial charge in [-0.1, -0.05) is 28.9 Å². The molecule has 1 aromatic heterocycles. The van der Waals surface area contributed by atoms with Gasteiger partial charge in [-0.25, -0.2) is 0 Å². The summed E-state index contributed by atoms with van der Waals surface area (Å²) < 4.78 is 5.08. The number of aromatic nitrogens is 1. The van der Waals surface area contributed by atoms with E-state index < -0.39 is 0 Å². The van der Waals surface area contributed by atoms with Crippen LogP contribution in [0.15, 0.2) is 34.9 Å². The Balaban J connectivity index is 1.65. The maximum Gasteiger partial charge on any atom is 0.289 e. The lowest BCUT2D eigenvalue weighted by Crippen LogP contribution is -2.38. The average Bonchev–Trinajstić information content (AvgIpc) is 3.21. The van der Waals surface area contributed by atoms with E-state index >= 15 is 0 Å². The SMILES string of the molecule is NC(CNC(=O)c1cc(-c2cccc(Cl)c2)no1)C1CC1. The van der Waals surface area contributed by atoms with E-state index in [0.29, 0.717) is 23.2 Å². The largest absolute Gasteiger partial charge is 0.350 e. The number of benzene rings is 1. The zero-order valence-electron chi connectivity index (χ0n) is 11.4. The highest BCUT2D eigenvalue weighted by Gasteiger charge is 2.28. The number of carbonyl (C=O) groups is 1. The Labute approximate surface area is 127 Å². The third-order valence-corrected chi connectivity index (χ3v) is 3.82. The Morgan fingerprint density at radius 2 is 2.29 bits per heavy atom. The maximum absolute atomic E-state index is 12.0. The van der Waals surface area contributed by atoms with Crippen molar-refractivity contribution in [3.8, 4) is 11.3 Å². The van der Waals surface area contributed by atoms with Crippen LogP contribution in [-0.2, 0) is 0 Å². The summed E-state index contributed by atoms with van der Waals surface area (Å²) in [5.41, 5.74) is 7.33. The third kappa shape index (κ3) is 3.43. The first-order chi connectivity index (χ1) is 10.1. The molecule has 110 valence electrons. The Morgan fingerprint density at radius 3 is 3.00 bits per heavy atom. The van der Waals surface area contributed by atoms with Gasteiger partial charge in [-0.05, 0) is 30.9 Å². The Hall–Kier alpha value is -1.85. The van der Waals surface area contributed by atoms with Gasteiger partial charge in [0.05, 0.1) is 0 Å². The number of amides is 1. The monoisotopic (exact) mass is 305 g/mol. The normalized spacial score (nSPS) is 15.7. The fourth-order valence-electron chi connectivity index (χ4n) is 2.15. The van der Waals surface area contributed by atoms with Crippen molar-refractivity contribution in [1.82, 2.24) is 10.5 Å². The van der Waals surface area contributed by atoms with Gasteiger partial charge in [0.2, 0.25) is 5.76 Å². The topological polar surface area (TPSA) is 81.1 Å². The molecule has 1 amide bonds. The maximum atomic E-state index is 12.0. The van der Waals surface area contributed by atoms with Crippen molar-refractivity contribution in [2.24, 2.45) is 11.7 Å². The molecule has 5 nitrogen and oxygen atoms in total. The lowest BCUT2D eigenvalue weighted by Gasteiger charge is -2.09. The lowest BCUT2D eigenvalue weighted by molar-refractivity contribution is 0.0913. The van der Waals surface area contributed by atoms with Gasteiger partial charge in [0.1, 0.15) is 5.69 Å². The standard InChI is InChI=1S/C15H16ClN3O2/c16-11-3-1-2-10(6-11)13-7-14(21-19-13)15(20)18-8-12(17)9-4-5-9/h1-3,6-7,9,12H,4-5,8,17H2,(H,18,20). The molecule has 21 heavy (non-hydrogen) atoms. The van der Waals surface area contributed by atoms with Crippen LogP contribution in [0, 0.1) is 5.92 Å². The lowest BCUT2D eigenvalue weighted by atomic mass is 10.1. The van der Waals surface area contributed by atoms with E-state index in [4.69, 9.17) is 21.9 Å². The minimum Gasteiger partial charge on any atom is -0.350 e. The fourth-order valence-corrected chi connectivity index (χ4v) is 2.35. The molecule has 1 heterocycles. The number of nitrogens with two attached hydrogens (primary N) is 1. The molecule has 0 aliphatic heterocycles. The predicted octanol–water partition coefficient (Wildman–Crippen LogP) is 2.46. The number of rotatable bonds is 5. The highest BCUT2D eigenvalue weighted by atomic mass is 35.5. The Bertz CT molecular complexity index is 652. The molecule has 0 saturated heterocycles. The van der Waals surface area contributed by atoms with E-state index in [-0.39, 0.29) is 17.7 Å². The summed E-state index contributed by atoms with van der Waals surface area (Å²) in [5.74, 6) is 0.418. The minimum absolute atomic E-state index is 0.0178. The average molecular weight is 306 g/mol. The molecular formula is C15H16ClN3O2. The molecule has 0 bridgehead atoms. The summed E-state index contributed by atoms with van der Waals surface area (Å²) in [4.78, 5) is 12.0. The van der Waals surface area contributed by atoms with Crippen LogP contribution < -0.4 is 11.1 Å². The molecule has 1 saturated carbocycles. The summed E-state index contributed by atoms with van der Waals surface area (Å²) in [7, 11) is 0. The first-order valence-electron chi connectivity index (χ1n) is 6.90. The van der Waals surface area contributed by atoms with E-state index in [1.807, 2.05) is 12.1 Å².